The second kappa shape index (κ2) is 4.80. The number of Topliss-reactive ketones (excluding diaryl/α,β-unsaturated/α-hetero) is 1. The molecule has 0 aliphatic rings. The van der Waals surface area contributed by atoms with E-state index in [4.69, 9.17) is 4.74 Å². The van der Waals surface area contributed by atoms with E-state index in [1.54, 1.807) is 14.0 Å². The highest BCUT2D eigenvalue weighted by Crippen LogP contribution is 2.20. The molecule has 0 saturated carbocycles. The lowest BCUT2D eigenvalue weighted by atomic mass is 10.0. The lowest BCUT2D eigenvalue weighted by Crippen LogP contribution is -2.00. The highest BCUT2D eigenvalue weighted by atomic mass is 16.5. The third-order valence-corrected chi connectivity index (χ3v) is 2.19. The van der Waals surface area contributed by atoms with Crippen molar-refractivity contribution in [2.24, 2.45) is 0 Å². The number of ether oxygens (including phenoxy) is 1. The van der Waals surface area contributed by atoms with Crippen LogP contribution in [0.5, 0.6) is 5.75 Å². The van der Waals surface area contributed by atoms with Crippen LogP contribution in [-0.4, -0.2) is 12.9 Å². The fourth-order valence-electron chi connectivity index (χ4n) is 1.46. The van der Waals surface area contributed by atoms with Crippen LogP contribution in [0.15, 0.2) is 18.2 Å². The van der Waals surface area contributed by atoms with Crippen LogP contribution in [0.2, 0.25) is 0 Å². The summed E-state index contributed by atoms with van der Waals surface area (Å²) in [4.78, 5) is 11.0. The predicted molar refractivity (Wildman–Crippen MR) is 56.8 cm³/mol. The summed E-state index contributed by atoms with van der Waals surface area (Å²) in [5.41, 5.74) is 2.22. The molecule has 2 nitrogen and oxygen atoms in total. The van der Waals surface area contributed by atoms with Gasteiger partial charge in [-0.05, 0) is 25.0 Å². The molecule has 0 heterocycles. The van der Waals surface area contributed by atoms with Crippen molar-refractivity contribution in [3.8, 4) is 5.75 Å². The minimum Gasteiger partial charge on any atom is -0.496 e. The van der Waals surface area contributed by atoms with Gasteiger partial charge in [-0.3, -0.25) is 4.79 Å². The Morgan fingerprint density at radius 3 is 2.64 bits per heavy atom. The molecule has 0 saturated heterocycles. The van der Waals surface area contributed by atoms with E-state index in [1.165, 1.54) is 5.56 Å². The second-order valence-corrected chi connectivity index (χ2v) is 3.38. The smallest absolute Gasteiger partial charge is 0.134 e. The average molecular weight is 192 g/mol. The van der Waals surface area contributed by atoms with Crippen molar-refractivity contribution in [1.82, 2.24) is 0 Å². The third kappa shape index (κ3) is 2.59. The van der Waals surface area contributed by atoms with Crippen molar-refractivity contribution < 1.29 is 9.53 Å². The Balaban J connectivity index is 3.01. The lowest BCUT2D eigenvalue weighted by molar-refractivity contribution is -0.116. The number of carbonyl (C=O) groups excluding carboxylic acids is 1. The zero-order chi connectivity index (χ0) is 10.6. The van der Waals surface area contributed by atoms with Crippen LogP contribution in [0.25, 0.3) is 0 Å². The summed E-state index contributed by atoms with van der Waals surface area (Å²) in [6.45, 7) is 3.69. The minimum atomic E-state index is 0.163. The Hall–Kier alpha value is -1.31. The topological polar surface area (TPSA) is 26.3 Å². The molecule has 1 aromatic rings. The average Bonchev–Trinajstić information content (AvgIpc) is 2.16. The zero-order valence-corrected chi connectivity index (χ0v) is 8.96. The van der Waals surface area contributed by atoms with Gasteiger partial charge in [-0.1, -0.05) is 19.1 Å². The summed E-state index contributed by atoms with van der Waals surface area (Å²) in [5.74, 6) is 0.967. The van der Waals surface area contributed by atoms with Gasteiger partial charge in [0.15, 0.2) is 0 Å². The van der Waals surface area contributed by atoms with Gasteiger partial charge in [0.05, 0.1) is 7.11 Å². The molecule has 0 unspecified atom stereocenters. The van der Waals surface area contributed by atoms with Gasteiger partial charge in [-0.2, -0.15) is 0 Å². The molecule has 0 radical (unpaired) electrons. The standard InChI is InChI=1S/C12H16O2/c1-4-10-5-6-12(14-3)11(8-10)7-9(2)13/h5-6,8H,4,7H2,1-3H3. The van der Waals surface area contributed by atoms with E-state index >= 15 is 0 Å². The number of benzene rings is 1. The van der Waals surface area contributed by atoms with Gasteiger partial charge in [0.1, 0.15) is 11.5 Å². The fourth-order valence-corrected chi connectivity index (χ4v) is 1.46. The monoisotopic (exact) mass is 192 g/mol. The van der Waals surface area contributed by atoms with E-state index in [0.717, 1.165) is 17.7 Å². The van der Waals surface area contributed by atoms with Crippen LogP contribution in [0.1, 0.15) is 25.0 Å². The quantitative estimate of drug-likeness (QED) is 0.732. The molecule has 0 N–H and O–H groups in total. The number of aryl methyl sites for hydroxylation is 1. The fraction of sp³-hybridized carbons (Fsp3) is 0.417. The SMILES string of the molecule is CCc1ccc(OC)c(CC(C)=O)c1. The summed E-state index contributed by atoms with van der Waals surface area (Å²) in [6, 6.07) is 6.00. The Kier molecular flexibility index (Phi) is 3.69. The summed E-state index contributed by atoms with van der Waals surface area (Å²) >= 11 is 0. The molecular weight excluding hydrogens is 176 g/mol. The van der Waals surface area contributed by atoms with E-state index in [2.05, 4.69) is 6.92 Å². The Morgan fingerprint density at radius 2 is 2.14 bits per heavy atom. The van der Waals surface area contributed by atoms with Crippen LogP contribution in [-0.2, 0) is 17.6 Å². The van der Waals surface area contributed by atoms with Gasteiger partial charge in [0.25, 0.3) is 0 Å². The first-order valence-electron chi connectivity index (χ1n) is 4.82. The molecule has 1 rings (SSSR count). The number of hydrogen-bond acceptors (Lipinski definition) is 2. The van der Waals surface area contributed by atoms with Crippen LogP contribution in [0, 0.1) is 0 Å². The van der Waals surface area contributed by atoms with Gasteiger partial charge >= 0.3 is 0 Å². The van der Waals surface area contributed by atoms with Crippen LogP contribution >= 0.6 is 0 Å². The van der Waals surface area contributed by atoms with Gasteiger partial charge in [-0.25, -0.2) is 0 Å². The van der Waals surface area contributed by atoms with Crippen LogP contribution in [0.3, 0.4) is 0 Å². The second-order valence-electron chi connectivity index (χ2n) is 3.38. The number of carbonyl (C=O) groups is 1. The highest BCUT2D eigenvalue weighted by Gasteiger charge is 2.05. The zero-order valence-electron chi connectivity index (χ0n) is 8.96. The summed E-state index contributed by atoms with van der Waals surface area (Å²) in [5, 5.41) is 0. The maximum Gasteiger partial charge on any atom is 0.134 e. The first-order chi connectivity index (χ1) is 6.67. The molecule has 1 aromatic carbocycles. The maximum atomic E-state index is 11.0. The lowest BCUT2D eigenvalue weighted by Gasteiger charge is -2.08. The predicted octanol–water partition coefficient (Wildman–Crippen LogP) is 2.39. The molecule has 0 bridgehead atoms. The largest absolute Gasteiger partial charge is 0.496 e. The molecule has 0 fully saturated rings. The number of methoxy groups -OCH3 is 1. The van der Waals surface area contributed by atoms with Gasteiger partial charge in [0, 0.05) is 12.0 Å². The van der Waals surface area contributed by atoms with Crippen molar-refractivity contribution >= 4 is 5.78 Å². The molecule has 0 aliphatic heterocycles. The van der Waals surface area contributed by atoms with Crippen molar-refractivity contribution in [2.45, 2.75) is 26.7 Å². The maximum absolute atomic E-state index is 11.0. The minimum absolute atomic E-state index is 0.163. The Bertz CT molecular complexity index is 329. The highest BCUT2D eigenvalue weighted by molar-refractivity contribution is 5.79. The number of hydrogen-bond donors (Lipinski definition) is 0. The molecule has 76 valence electrons. The summed E-state index contributed by atoms with van der Waals surface area (Å²) < 4.78 is 5.19. The molecule has 2 heteroatoms. The van der Waals surface area contributed by atoms with Crippen molar-refractivity contribution in [3.05, 3.63) is 29.3 Å². The van der Waals surface area contributed by atoms with E-state index < -0.39 is 0 Å². The Morgan fingerprint density at radius 1 is 1.43 bits per heavy atom. The van der Waals surface area contributed by atoms with Gasteiger partial charge < -0.3 is 4.74 Å². The Labute approximate surface area is 84.9 Å². The molecule has 0 atom stereocenters. The summed E-state index contributed by atoms with van der Waals surface area (Å²) in [6.07, 6.45) is 1.44. The number of ketones is 1. The van der Waals surface area contributed by atoms with E-state index in [9.17, 15) is 4.79 Å². The van der Waals surface area contributed by atoms with E-state index in [-0.39, 0.29) is 5.78 Å². The molecule has 0 amide bonds. The third-order valence-electron chi connectivity index (χ3n) is 2.19. The van der Waals surface area contributed by atoms with Crippen LogP contribution < -0.4 is 4.74 Å². The van der Waals surface area contributed by atoms with Gasteiger partial charge in [-0.15, -0.1) is 0 Å². The van der Waals surface area contributed by atoms with Crippen molar-refractivity contribution in [3.63, 3.8) is 0 Å². The van der Waals surface area contributed by atoms with E-state index in [1.807, 2.05) is 18.2 Å². The molecular formula is C12H16O2. The molecule has 0 aliphatic carbocycles. The van der Waals surface area contributed by atoms with Crippen LogP contribution in [0.4, 0.5) is 0 Å². The summed E-state index contributed by atoms with van der Waals surface area (Å²) in [7, 11) is 1.63. The molecule has 14 heavy (non-hydrogen) atoms. The van der Waals surface area contributed by atoms with Gasteiger partial charge in [0.2, 0.25) is 0 Å². The van der Waals surface area contributed by atoms with E-state index in [0.29, 0.717) is 6.42 Å². The first kappa shape index (κ1) is 10.8. The molecule has 0 aromatic heterocycles. The van der Waals surface area contributed by atoms with Crippen molar-refractivity contribution in [1.29, 1.82) is 0 Å². The molecule has 0 spiro atoms. The van der Waals surface area contributed by atoms with Crippen molar-refractivity contribution in [2.75, 3.05) is 7.11 Å². The normalized spacial score (nSPS) is 9.93. The first-order valence-corrected chi connectivity index (χ1v) is 4.82. The number of rotatable bonds is 4.